The quantitative estimate of drug-likeness (QED) is 0.161. The molecule has 0 aliphatic carbocycles. The molecule has 4 nitrogen and oxygen atoms in total. The van der Waals surface area contributed by atoms with Crippen molar-refractivity contribution in [3.63, 3.8) is 0 Å². The molecule has 0 amide bonds. The summed E-state index contributed by atoms with van der Waals surface area (Å²) in [5.74, 6) is 0.667. The topological polar surface area (TPSA) is 43.1 Å². The van der Waals surface area contributed by atoms with Gasteiger partial charge in [0.2, 0.25) is 0 Å². The molecule has 62 heavy (non-hydrogen) atoms. The first kappa shape index (κ1) is 35.9. The molecule has 0 spiro atoms. The second-order valence-electron chi connectivity index (χ2n) is 15.6. The van der Waals surface area contributed by atoms with E-state index in [1.165, 1.54) is 31.1 Å². The number of thiophene rings is 1. The van der Waals surface area contributed by atoms with Crippen molar-refractivity contribution in [2.75, 3.05) is 0 Å². The number of benzene rings is 8. The van der Waals surface area contributed by atoms with Gasteiger partial charge in [-0.05, 0) is 46.3 Å². The summed E-state index contributed by atoms with van der Waals surface area (Å²) in [5.41, 5.74) is 14.5. The number of pyridine rings is 1. The molecule has 5 heteroatoms. The van der Waals surface area contributed by atoms with Crippen LogP contribution < -0.4 is 0 Å². The minimum atomic E-state index is 0.667. The number of nitrogens with zero attached hydrogens (tertiary/aromatic N) is 4. The lowest BCUT2D eigenvalue weighted by atomic mass is 9.96. The van der Waals surface area contributed by atoms with E-state index in [0.29, 0.717) is 5.82 Å². The van der Waals surface area contributed by atoms with Crippen molar-refractivity contribution in [1.82, 2.24) is 19.6 Å². The maximum absolute atomic E-state index is 5.45. The van der Waals surface area contributed by atoms with E-state index in [1.807, 2.05) is 17.4 Å². The Morgan fingerprint density at radius 2 is 0.968 bits per heavy atom. The molecule has 0 aliphatic rings. The van der Waals surface area contributed by atoms with Crippen molar-refractivity contribution in [1.29, 1.82) is 0 Å². The summed E-state index contributed by atoms with van der Waals surface area (Å²) in [4.78, 5) is 10.5. The van der Waals surface area contributed by atoms with Gasteiger partial charge < -0.3 is 0 Å². The van der Waals surface area contributed by atoms with Crippen molar-refractivity contribution in [3.05, 3.63) is 218 Å². The van der Waals surface area contributed by atoms with Crippen molar-refractivity contribution in [2.45, 2.75) is 0 Å². The minimum absolute atomic E-state index is 0.667. The summed E-state index contributed by atoms with van der Waals surface area (Å²) in [6, 6.07) is 77.2. The maximum atomic E-state index is 5.45. The predicted octanol–water partition coefficient (Wildman–Crippen LogP) is 15.3. The van der Waals surface area contributed by atoms with Gasteiger partial charge in [0.25, 0.3) is 0 Å². The zero-order valence-corrected chi connectivity index (χ0v) is 34.3. The Labute approximate surface area is 362 Å². The first-order valence-corrected chi connectivity index (χ1v) is 21.7. The van der Waals surface area contributed by atoms with Crippen molar-refractivity contribution < 1.29 is 0 Å². The van der Waals surface area contributed by atoms with Crippen LogP contribution in [0.5, 0.6) is 0 Å². The fourth-order valence-corrected chi connectivity index (χ4v) is 10.1. The first-order chi connectivity index (χ1) is 30.7. The summed E-state index contributed by atoms with van der Waals surface area (Å²) in [5, 5.41) is 10.4. The summed E-state index contributed by atoms with van der Waals surface area (Å²) in [7, 11) is 0. The number of fused-ring (bicyclic) bond motifs is 6. The first-order valence-electron chi connectivity index (χ1n) is 20.9. The molecule has 12 rings (SSSR count). The van der Waals surface area contributed by atoms with Crippen LogP contribution in [0.25, 0.3) is 115 Å². The standard InChI is InChI=1S/C57H36N4S/c1-4-16-37(17-5-1)49-36-50(44-24-14-23-42(34-44)46-27-15-28-48-47-26-12-13-29-52(47)62-56(46)48)59-57(58-49)41-32-30-40(31-33-41)54-53(39-20-8-3-9-21-39)55-45-25-11-10-22-43(45)35-51(61(55)60-54)38-18-6-2-7-19-38/h1-36H. The SMILES string of the molecule is c1ccc(-c2cc(-c3cccc(-c4cccc5c4sc4ccccc45)c3)nc(-c3ccc(-c4nn5c(-c6ccccc6)cc6ccccc6c5c4-c4ccccc4)cc3)n2)cc1. The third kappa shape index (κ3) is 6.18. The molecule has 290 valence electrons. The second kappa shape index (κ2) is 14.9. The van der Waals surface area contributed by atoms with E-state index >= 15 is 0 Å². The van der Waals surface area contributed by atoms with Crippen LogP contribution in [0, 0.1) is 0 Å². The molecule has 0 N–H and O–H groups in total. The second-order valence-corrected chi connectivity index (χ2v) is 16.7. The van der Waals surface area contributed by atoms with Crippen molar-refractivity contribution in [3.8, 4) is 78.7 Å². The highest BCUT2D eigenvalue weighted by Gasteiger charge is 2.22. The van der Waals surface area contributed by atoms with Crippen LogP contribution in [0.15, 0.2) is 218 Å². The fourth-order valence-electron chi connectivity index (χ4n) is 8.86. The highest BCUT2D eigenvalue weighted by atomic mass is 32.1. The van der Waals surface area contributed by atoms with Crippen LogP contribution in [0.2, 0.25) is 0 Å². The van der Waals surface area contributed by atoms with Crippen LogP contribution in [-0.4, -0.2) is 19.6 Å². The van der Waals surface area contributed by atoms with E-state index in [0.717, 1.165) is 78.2 Å². The van der Waals surface area contributed by atoms with E-state index < -0.39 is 0 Å². The van der Waals surface area contributed by atoms with Crippen LogP contribution in [0.3, 0.4) is 0 Å². The Morgan fingerprint density at radius 3 is 1.74 bits per heavy atom. The molecule has 0 radical (unpaired) electrons. The van der Waals surface area contributed by atoms with Gasteiger partial charge in [-0.1, -0.05) is 194 Å². The number of aromatic nitrogens is 4. The molecule has 12 aromatic rings. The number of hydrogen-bond acceptors (Lipinski definition) is 4. The highest BCUT2D eigenvalue weighted by molar-refractivity contribution is 7.26. The highest BCUT2D eigenvalue weighted by Crippen LogP contribution is 2.43. The largest absolute Gasteiger partial charge is 0.231 e. The van der Waals surface area contributed by atoms with Gasteiger partial charge in [0.1, 0.15) is 5.69 Å². The Bertz CT molecular complexity index is 3610. The average molecular weight is 809 g/mol. The Morgan fingerprint density at radius 1 is 0.387 bits per heavy atom. The van der Waals surface area contributed by atoms with Gasteiger partial charge in [-0.15, -0.1) is 11.3 Å². The van der Waals surface area contributed by atoms with Gasteiger partial charge >= 0.3 is 0 Å². The van der Waals surface area contributed by atoms with Crippen molar-refractivity contribution in [2.24, 2.45) is 0 Å². The van der Waals surface area contributed by atoms with Gasteiger partial charge in [-0.3, -0.25) is 0 Å². The molecule has 0 aliphatic heterocycles. The zero-order chi connectivity index (χ0) is 41.0. The zero-order valence-electron chi connectivity index (χ0n) is 33.5. The van der Waals surface area contributed by atoms with Crippen molar-refractivity contribution >= 4 is 47.8 Å². The third-order valence-electron chi connectivity index (χ3n) is 11.8. The molecule has 8 aromatic carbocycles. The third-order valence-corrected chi connectivity index (χ3v) is 13.1. The van der Waals surface area contributed by atoms with E-state index in [1.54, 1.807) is 0 Å². The summed E-state index contributed by atoms with van der Waals surface area (Å²) in [6.45, 7) is 0. The molecular weight excluding hydrogens is 773 g/mol. The van der Waals surface area contributed by atoms with Crippen LogP contribution in [0.4, 0.5) is 0 Å². The monoisotopic (exact) mass is 808 g/mol. The fraction of sp³-hybridized carbons (Fsp3) is 0. The molecule has 0 atom stereocenters. The van der Waals surface area contributed by atoms with E-state index in [-0.39, 0.29) is 0 Å². The normalized spacial score (nSPS) is 11.5. The van der Waals surface area contributed by atoms with Gasteiger partial charge in [0, 0.05) is 58.9 Å². The lowest BCUT2D eigenvalue weighted by Crippen LogP contribution is -1.96. The Kier molecular flexibility index (Phi) is 8.65. The van der Waals surface area contributed by atoms with Crippen LogP contribution in [0.1, 0.15) is 0 Å². The lowest BCUT2D eigenvalue weighted by Gasteiger charge is -2.11. The molecule has 0 fully saturated rings. The van der Waals surface area contributed by atoms with Gasteiger partial charge in [-0.25, -0.2) is 14.5 Å². The Hall–Kier alpha value is -7.99. The maximum Gasteiger partial charge on any atom is 0.160 e. The van der Waals surface area contributed by atoms with E-state index in [4.69, 9.17) is 15.1 Å². The summed E-state index contributed by atoms with van der Waals surface area (Å²) < 4.78 is 4.73. The summed E-state index contributed by atoms with van der Waals surface area (Å²) >= 11 is 1.85. The van der Waals surface area contributed by atoms with Crippen LogP contribution in [-0.2, 0) is 0 Å². The number of hydrogen-bond donors (Lipinski definition) is 0. The molecule has 4 aromatic heterocycles. The molecule has 0 unspecified atom stereocenters. The lowest BCUT2D eigenvalue weighted by molar-refractivity contribution is 0.979. The molecule has 0 saturated heterocycles. The molecule has 4 heterocycles. The van der Waals surface area contributed by atoms with Gasteiger partial charge in [0.05, 0.1) is 22.6 Å². The van der Waals surface area contributed by atoms with Crippen LogP contribution >= 0.6 is 11.3 Å². The molecular formula is C57H36N4S. The van der Waals surface area contributed by atoms with E-state index in [9.17, 15) is 0 Å². The molecule has 0 saturated carbocycles. The van der Waals surface area contributed by atoms with E-state index in [2.05, 4.69) is 217 Å². The summed E-state index contributed by atoms with van der Waals surface area (Å²) in [6.07, 6.45) is 0. The number of rotatable bonds is 7. The molecule has 0 bridgehead atoms. The average Bonchev–Trinajstić information content (AvgIpc) is 3.95. The minimum Gasteiger partial charge on any atom is -0.231 e. The predicted molar refractivity (Wildman–Crippen MR) is 259 cm³/mol. The smallest absolute Gasteiger partial charge is 0.160 e. The van der Waals surface area contributed by atoms with Gasteiger partial charge in [-0.2, -0.15) is 5.10 Å². The Balaban J connectivity index is 1.000. The van der Waals surface area contributed by atoms with Gasteiger partial charge in [0.15, 0.2) is 5.82 Å².